The first-order chi connectivity index (χ1) is 9.70. The molecule has 0 atom stereocenters. The second-order valence-corrected chi connectivity index (χ2v) is 4.22. The van der Waals surface area contributed by atoms with E-state index >= 15 is 0 Å². The van der Waals surface area contributed by atoms with E-state index < -0.39 is 0 Å². The number of hydrogen-bond acceptors (Lipinski definition) is 6. The predicted molar refractivity (Wildman–Crippen MR) is 72.9 cm³/mol. The lowest BCUT2D eigenvalue weighted by Crippen LogP contribution is -2.07. The predicted octanol–water partition coefficient (Wildman–Crippen LogP) is 2.09. The highest BCUT2D eigenvalue weighted by molar-refractivity contribution is 6.30. The summed E-state index contributed by atoms with van der Waals surface area (Å²) in [4.78, 5) is 12.0. The van der Waals surface area contributed by atoms with Gasteiger partial charge in [0.05, 0.1) is 0 Å². The molecule has 20 heavy (non-hydrogen) atoms. The number of hydrogen-bond donors (Lipinski definition) is 1. The highest BCUT2D eigenvalue weighted by Crippen LogP contribution is 2.21. The van der Waals surface area contributed by atoms with Gasteiger partial charge in [0.2, 0.25) is 5.95 Å². The Hall–Kier alpha value is -2.67. The zero-order chi connectivity index (χ0) is 13.9. The topological polar surface area (TPSA) is 91.7 Å². The van der Waals surface area contributed by atoms with Crippen molar-refractivity contribution >= 4 is 17.5 Å². The Labute approximate surface area is 119 Å². The summed E-state index contributed by atoms with van der Waals surface area (Å²) in [6, 6.07) is 8.65. The van der Waals surface area contributed by atoms with Gasteiger partial charge in [-0.2, -0.15) is 20.1 Å². The van der Waals surface area contributed by atoms with Crippen molar-refractivity contribution in [3.8, 4) is 17.7 Å². The van der Waals surface area contributed by atoms with Crippen LogP contribution in [0.25, 0.3) is 5.95 Å². The van der Waals surface area contributed by atoms with Gasteiger partial charge in [0.1, 0.15) is 5.75 Å². The van der Waals surface area contributed by atoms with Gasteiger partial charge in [-0.15, -0.1) is 0 Å². The molecule has 0 amide bonds. The Balaban J connectivity index is 1.92. The van der Waals surface area contributed by atoms with Crippen LogP contribution in [-0.4, -0.2) is 24.7 Å². The van der Waals surface area contributed by atoms with Gasteiger partial charge in [-0.3, -0.25) is 0 Å². The molecule has 0 saturated carbocycles. The van der Waals surface area contributed by atoms with E-state index in [4.69, 9.17) is 22.1 Å². The summed E-state index contributed by atoms with van der Waals surface area (Å²) in [5, 5.41) is 4.64. The van der Waals surface area contributed by atoms with E-state index in [0.29, 0.717) is 10.8 Å². The first-order valence-electron chi connectivity index (χ1n) is 5.66. The minimum Gasteiger partial charge on any atom is -0.424 e. The number of rotatable bonds is 3. The van der Waals surface area contributed by atoms with Gasteiger partial charge in [-0.1, -0.05) is 11.6 Å². The molecule has 0 aliphatic rings. The molecule has 0 unspecified atom stereocenters. The second kappa shape index (κ2) is 5.14. The van der Waals surface area contributed by atoms with Gasteiger partial charge in [-0.05, 0) is 30.3 Å². The van der Waals surface area contributed by atoms with Gasteiger partial charge >= 0.3 is 6.01 Å². The van der Waals surface area contributed by atoms with E-state index in [2.05, 4.69) is 20.1 Å². The van der Waals surface area contributed by atoms with E-state index in [0.717, 1.165) is 0 Å². The van der Waals surface area contributed by atoms with Gasteiger partial charge in [0, 0.05) is 17.4 Å². The van der Waals surface area contributed by atoms with Crippen molar-refractivity contribution in [2.75, 3.05) is 5.73 Å². The van der Waals surface area contributed by atoms with Crippen LogP contribution < -0.4 is 10.5 Å². The third kappa shape index (κ3) is 2.67. The summed E-state index contributed by atoms with van der Waals surface area (Å²) in [5.74, 6) is 0.882. The molecule has 7 nitrogen and oxygen atoms in total. The summed E-state index contributed by atoms with van der Waals surface area (Å²) in [7, 11) is 0. The lowest BCUT2D eigenvalue weighted by molar-refractivity contribution is 0.438. The molecule has 0 spiro atoms. The van der Waals surface area contributed by atoms with Crippen LogP contribution in [0.5, 0.6) is 11.8 Å². The number of nitrogen functional groups attached to an aromatic ring is 1. The summed E-state index contributed by atoms with van der Waals surface area (Å²) in [6.07, 6.45) is 3.31. The molecule has 8 heteroatoms. The van der Waals surface area contributed by atoms with Crippen LogP contribution in [0.4, 0.5) is 5.95 Å². The molecular formula is C12H9ClN6O. The van der Waals surface area contributed by atoms with E-state index in [-0.39, 0.29) is 17.9 Å². The summed E-state index contributed by atoms with van der Waals surface area (Å²) >= 11 is 5.80. The van der Waals surface area contributed by atoms with Gasteiger partial charge < -0.3 is 10.5 Å². The lowest BCUT2D eigenvalue weighted by atomic mass is 10.3. The van der Waals surface area contributed by atoms with Crippen molar-refractivity contribution in [1.29, 1.82) is 0 Å². The van der Waals surface area contributed by atoms with Crippen molar-refractivity contribution in [2.45, 2.75) is 0 Å². The highest BCUT2D eigenvalue weighted by Gasteiger charge is 2.08. The average Bonchev–Trinajstić information content (AvgIpc) is 2.95. The summed E-state index contributed by atoms with van der Waals surface area (Å²) in [6.45, 7) is 0. The second-order valence-electron chi connectivity index (χ2n) is 3.78. The maximum absolute atomic E-state index is 5.80. The Morgan fingerprint density at radius 2 is 1.90 bits per heavy atom. The minimum atomic E-state index is 0.0504. The van der Waals surface area contributed by atoms with Crippen LogP contribution in [0.3, 0.4) is 0 Å². The van der Waals surface area contributed by atoms with Crippen LogP contribution in [0, 0.1) is 0 Å². The smallest absolute Gasteiger partial charge is 0.328 e. The Morgan fingerprint density at radius 3 is 2.60 bits per heavy atom. The van der Waals surface area contributed by atoms with Crippen molar-refractivity contribution in [2.24, 2.45) is 0 Å². The molecule has 2 heterocycles. The first kappa shape index (κ1) is 12.4. The lowest BCUT2D eigenvalue weighted by Gasteiger charge is -2.06. The number of ether oxygens (including phenoxy) is 1. The molecule has 2 N–H and O–H groups in total. The standard InChI is InChI=1S/C12H9ClN6O/c13-8-2-4-9(5-3-8)20-12-17-10(14)16-11(18-12)19-7-1-6-15-19/h1-7H,(H2,14,16,17,18). The van der Waals surface area contributed by atoms with Crippen molar-refractivity contribution in [3.05, 3.63) is 47.7 Å². The fourth-order valence-corrected chi connectivity index (χ4v) is 1.63. The number of halogens is 1. The molecule has 1 aromatic carbocycles. The number of nitrogens with zero attached hydrogens (tertiary/aromatic N) is 5. The molecule has 0 bridgehead atoms. The summed E-state index contributed by atoms with van der Waals surface area (Å²) < 4.78 is 6.98. The molecule has 0 aliphatic heterocycles. The zero-order valence-electron chi connectivity index (χ0n) is 10.1. The van der Waals surface area contributed by atoms with E-state index in [1.54, 1.807) is 42.7 Å². The fraction of sp³-hybridized carbons (Fsp3) is 0. The molecule has 0 radical (unpaired) electrons. The van der Waals surface area contributed by atoms with Crippen molar-refractivity contribution in [3.63, 3.8) is 0 Å². The van der Waals surface area contributed by atoms with E-state index in [1.165, 1.54) is 4.68 Å². The van der Waals surface area contributed by atoms with Gasteiger partial charge in [0.25, 0.3) is 5.95 Å². The average molecular weight is 289 g/mol. The number of anilines is 1. The zero-order valence-corrected chi connectivity index (χ0v) is 10.9. The number of benzene rings is 1. The summed E-state index contributed by atoms with van der Waals surface area (Å²) in [5.41, 5.74) is 5.64. The number of aromatic nitrogens is 5. The Kier molecular flexibility index (Phi) is 3.18. The largest absolute Gasteiger partial charge is 0.424 e. The molecule has 3 aromatic rings. The maximum Gasteiger partial charge on any atom is 0.328 e. The van der Waals surface area contributed by atoms with Crippen molar-refractivity contribution < 1.29 is 4.74 Å². The third-order valence-electron chi connectivity index (χ3n) is 2.35. The van der Waals surface area contributed by atoms with Gasteiger partial charge in [0.15, 0.2) is 0 Å². The van der Waals surface area contributed by atoms with Crippen LogP contribution in [0.15, 0.2) is 42.7 Å². The van der Waals surface area contributed by atoms with E-state index in [1.807, 2.05) is 0 Å². The monoisotopic (exact) mass is 288 g/mol. The maximum atomic E-state index is 5.80. The van der Waals surface area contributed by atoms with Crippen LogP contribution >= 0.6 is 11.6 Å². The fourth-order valence-electron chi connectivity index (χ4n) is 1.50. The molecule has 0 aliphatic carbocycles. The SMILES string of the molecule is Nc1nc(Oc2ccc(Cl)cc2)nc(-n2cccn2)n1. The van der Waals surface area contributed by atoms with Crippen LogP contribution in [0.1, 0.15) is 0 Å². The Bertz CT molecular complexity index is 713. The molecule has 0 fully saturated rings. The van der Waals surface area contributed by atoms with Crippen LogP contribution in [0.2, 0.25) is 5.02 Å². The normalized spacial score (nSPS) is 10.4. The third-order valence-corrected chi connectivity index (χ3v) is 2.60. The minimum absolute atomic E-state index is 0.0504. The van der Waals surface area contributed by atoms with E-state index in [9.17, 15) is 0 Å². The molecule has 3 rings (SSSR count). The molecule has 2 aromatic heterocycles. The van der Waals surface area contributed by atoms with Gasteiger partial charge in [-0.25, -0.2) is 4.68 Å². The molecule has 100 valence electrons. The number of nitrogens with two attached hydrogens (primary N) is 1. The van der Waals surface area contributed by atoms with Crippen LogP contribution in [-0.2, 0) is 0 Å². The Morgan fingerprint density at radius 1 is 1.10 bits per heavy atom. The molecular weight excluding hydrogens is 280 g/mol. The quantitative estimate of drug-likeness (QED) is 0.793. The van der Waals surface area contributed by atoms with Crippen molar-refractivity contribution in [1.82, 2.24) is 24.7 Å². The highest BCUT2D eigenvalue weighted by atomic mass is 35.5. The first-order valence-corrected chi connectivity index (χ1v) is 6.03. The molecule has 0 saturated heterocycles.